The van der Waals surface area contributed by atoms with E-state index < -0.39 is 11.7 Å². The second-order valence-electron chi connectivity index (χ2n) is 4.49. The molecule has 1 aromatic carbocycles. The van der Waals surface area contributed by atoms with Gasteiger partial charge in [-0.25, -0.2) is 0 Å². The van der Waals surface area contributed by atoms with Crippen LogP contribution in [0.15, 0.2) is 27.7 Å². The standard InChI is InChI=1S/C13H14BrF3N2S/c1-2-3-9-7-18-12(20-9)19-11-5-4-8(14)6-10(11)13(15,16)17/h4-6,9H,2-3,7H2,1H3,(H,18,19). The lowest BCUT2D eigenvalue weighted by atomic mass is 10.2. The molecule has 1 aliphatic rings. The van der Waals surface area contributed by atoms with Gasteiger partial charge in [0.2, 0.25) is 0 Å². The van der Waals surface area contributed by atoms with E-state index in [0.717, 1.165) is 18.9 Å². The van der Waals surface area contributed by atoms with Gasteiger partial charge in [0.1, 0.15) is 0 Å². The average Bonchev–Trinajstić information content (AvgIpc) is 2.78. The summed E-state index contributed by atoms with van der Waals surface area (Å²) in [7, 11) is 0. The minimum absolute atomic E-state index is 0.0455. The van der Waals surface area contributed by atoms with Crippen molar-refractivity contribution in [3.05, 3.63) is 28.2 Å². The van der Waals surface area contributed by atoms with Crippen molar-refractivity contribution in [3.8, 4) is 0 Å². The summed E-state index contributed by atoms with van der Waals surface area (Å²) < 4.78 is 39.4. The Morgan fingerprint density at radius 3 is 2.85 bits per heavy atom. The molecule has 1 aromatic rings. The minimum Gasteiger partial charge on any atom is -0.334 e. The molecule has 0 saturated carbocycles. The van der Waals surface area contributed by atoms with Crippen molar-refractivity contribution < 1.29 is 13.2 Å². The van der Waals surface area contributed by atoms with Gasteiger partial charge in [0.25, 0.3) is 0 Å². The molecule has 0 amide bonds. The Balaban J connectivity index is 2.15. The van der Waals surface area contributed by atoms with Crippen LogP contribution in [-0.4, -0.2) is 17.0 Å². The van der Waals surface area contributed by atoms with E-state index in [1.54, 1.807) is 6.07 Å². The van der Waals surface area contributed by atoms with Crippen LogP contribution in [0.4, 0.5) is 18.9 Å². The lowest BCUT2D eigenvalue weighted by Crippen LogP contribution is -2.14. The first-order chi connectivity index (χ1) is 9.40. The number of rotatable bonds is 3. The van der Waals surface area contributed by atoms with Gasteiger partial charge >= 0.3 is 6.18 Å². The van der Waals surface area contributed by atoms with Crippen LogP contribution in [0.3, 0.4) is 0 Å². The molecule has 20 heavy (non-hydrogen) atoms. The monoisotopic (exact) mass is 366 g/mol. The van der Waals surface area contributed by atoms with E-state index >= 15 is 0 Å². The molecule has 1 atom stereocenters. The van der Waals surface area contributed by atoms with Crippen molar-refractivity contribution in [1.29, 1.82) is 0 Å². The summed E-state index contributed by atoms with van der Waals surface area (Å²) in [5.74, 6) is 0. The third kappa shape index (κ3) is 3.91. The Hall–Kier alpha value is -0.690. The van der Waals surface area contributed by atoms with Crippen molar-refractivity contribution in [2.75, 3.05) is 11.9 Å². The summed E-state index contributed by atoms with van der Waals surface area (Å²) in [4.78, 5) is 4.27. The molecular formula is C13H14BrF3N2S. The molecular weight excluding hydrogens is 353 g/mol. The Labute approximate surface area is 128 Å². The maximum Gasteiger partial charge on any atom is 0.418 e. The van der Waals surface area contributed by atoms with Crippen LogP contribution in [0, 0.1) is 0 Å². The molecule has 0 radical (unpaired) electrons. The molecule has 0 bridgehead atoms. The predicted octanol–water partition coefficient (Wildman–Crippen LogP) is 5.15. The lowest BCUT2D eigenvalue weighted by Gasteiger charge is -2.15. The van der Waals surface area contributed by atoms with Gasteiger partial charge in [0, 0.05) is 9.72 Å². The van der Waals surface area contributed by atoms with Crippen LogP contribution in [0.25, 0.3) is 0 Å². The quantitative estimate of drug-likeness (QED) is 0.799. The molecule has 0 aliphatic carbocycles. The molecule has 0 fully saturated rings. The van der Waals surface area contributed by atoms with Crippen molar-refractivity contribution in [2.24, 2.45) is 4.99 Å². The van der Waals surface area contributed by atoms with Gasteiger partial charge in [-0.05, 0) is 24.6 Å². The molecule has 0 saturated heterocycles. The van der Waals surface area contributed by atoms with Gasteiger partial charge in [-0.3, -0.25) is 4.99 Å². The van der Waals surface area contributed by atoms with Crippen LogP contribution in [0.1, 0.15) is 25.3 Å². The zero-order chi connectivity index (χ0) is 14.8. The van der Waals surface area contributed by atoms with Crippen LogP contribution in [0.2, 0.25) is 0 Å². The summed E-state index contributed by atoms with van der Waals surface area (Å²) in [6.07, 6.45) is -2.32. The number of amidine groups is 1. The molecule has 1 heterocycles. The maximum absolute atomic E-state index is 13.0. The second-order valence-corrected chi connectivity index (χ2v) is 6.69. The number of nitrogens with one attached hydrogen (secondary N) is 1. The highest BCUT2D eigenvalue weighted by Crippen LogP contribution is 2.37. The van der Waals surface area contributed by atoms with Crippen molar-refractivity contribution in [2.45, 2.75) is 31.2 Å². The molecule has 1 unspecified atom stereocenters. The van der Waals surface area contributed by atoms with Crippen molar-refractivity contribution in [1.82, 2.24) is 0 Å². The minimum atomic E-state index is -4.39. The highest BCUT2D eigenvalue weighted by atomic mass is 79.9. The third-order valence-electron chi connectivity index (χ3n) is 2.86. The SMILES string of the molecule is CCCC1CN=C(Nc2ccc(Br)cc2C(F)(F)F)S1. The molecule has 0 spiro atoms. The van der Waals surface area contributed by atoms with Crippen LogP contribution < -0.4 is 5.32 Å². The summed E-state index contributed by atoms with van der Waals surface area (Å²) in [5, 5.41) is 3.74. The van der Waals surface area contributed by atoms with Gasteiger partial charge in [-0.1, -0.05) is 41.0 Å². The zero-order valence-corrected chi connectivity index (χ0v) is 13.2. The molecule has 2 rings (SSSR count). The third-order valence-corrected chi connectivity index (χ3v) is 4.52. The molecule has 1 aliphatic heterocycles. The summed E-state index contributed by atoms with van der Waals surface area (Å²) in [5.41, 5.74) is -0.641. The van der Waals surface area contributed by atoms with Crippen LogP contribution in [0.5, 0.6) is 0 Å². The second kappa shape index (κ2) is 6.39. The molecule has 2 nitrogen and oxygen atoms in total. The number of thioether (sulfide) groups is 1. The fraction of sp³-hybridized carbons (Fsp3) is 0.462. The largest absolute Gasteiger partial charge is 0.418 e. The van der Waals surface area contributed by atoms with E-state index in [9.17, 15) is 13.2 Å². The number of halogens is 4. The average molecular weight is 367 g/mol. The highest BCUT2D eigenvalue weighted by Gasteiger charge is 2.34. The fourth-order valence-corrected chi connectivity index (χ4v) is 3.43. The van der Waals surface area contributed by atoms with Gasteiger partial charge in [0.05, 0.1) is 17.8 Å². The summed E-state index contributed by atoms with van der Waals surface area (Å²) >= 11 is 4.58. The predicted molar refractivity (Wildman–Crippen MR) is 81.4 cm³/mol. The molecule has 0 aromatic heterocycles. The van der Waals surface area contributed by atoms with Gasteiger partial charge in [-0.15, -0.1) is 0 Å². The van der Waals surface area contributed by atoms with Gasteiger partial charge in [-0.2, -0.15) is 13.2 Å². The summed E-state index contributed by atoms with van der Waals surface area (Å²) in [6, 6.07) is 4.08. The number of benzene rings is 1. The van der Waals surface area contributed by atoms with Crippen molar-refractivity contribution >= 4 is 38.5 Å². The Morgan fingerprint density at radius 2 is 2.20 bits per heavy atom. The molecule has 7 heteroatoms. The number of nitrogens with zero attached hydrogens (tertiary/aromatic N) is 1. The Bertz CT molecular complexity index is 517. The number of anilines is 1. The topological polar surface area (TPSA) is 24.4 Å². The van der Waals surface area contributed by atoms with E-state index in [2.05, 4.69) is 33.2 Å². The number of aliphatic imine (C=N–C) groups is 1. The van der Waals surface area contributed by atoms with E-state index in [0.29, 0.717) is 21.4 Å². The van der Waals surface area contributed by atoms with Gasteiger partial charge < -0.3 is 5.32 Å². The first-order valence-corrected chi connectivity index (χ1v) is 7.92. The van der Waals surface area contributed by atoms with Crippen LogP contribution >= 0.6 is 27.7 Å². The normalized spacial score (nSPS) is 19.1. The number of alkyl halides is 3. The van der Waals surface area contributed by atoms with Crippen LogP contribution in [-0.2, 0) is 6.18 Å². The number of hydrogen-bond acceptors (Lipinski definition) is 3. The number of hydrogen-bond donors (Lipinski definition) is 1. The Kier molecular flexibility index (Phi) is 5.01. The first kappa shape index (κ1) is 15.7. The highest BCUT2D eigenvalue weighted by molar-refractivity contribution is 9.10. The molecule has 1 N–H and O–H groups in total. The Morgan fingerprint density at radius 1 is 1.45 bits per heavy atom. The molecule has 110 valence electrons. The van der Waals surface area contributed by atoms with Gasteiger partial charge in [0.15, 0.2) is 5.17 Å². The van der Waals surface area contributed by atoms with E-state index in [-0.39, 0.29) is 5.69 Å². The zero-order valence-electron chi connectivity index (χ0n) is 10.8. The smallest absolute Gasteiger partial charge is 0.334 e. The maximum atomic E-state index is 13.0. The van der Waals surface area contributed by atoms with E-state index in [4.69, 9.17) is 0 Å². The fourth-order valence-electron chi connectivity index (χ4n) is 1.93. The van der Waals surface area contributed by atoms with E-state index in [1.165, 1.54) is 17.8 Å². The first-order valence-electron chi connectivity index (χ1n) is 6.25. The van der Waals surface area contributed by atoms with Crippen molar-refractivity contribution in [3.63, 3.8) is 0 Å². The lowest BCUT2D eigenvalue weighted by molar-refractivity contribution is -0.136. The summed E-state index contributed by atoms with van der Waals surface area (Å²) in [6.45, 7) is 2.75. The van der Waals surface area contributed by atoms with E-state index in [1.807, 2.05) is 0 Å².